The minimum Gasteiger partial charge on any atom is -0.341 e. The average molecular weight is 348 g/mol. The maximum absolute atomic E-state index is 12.5. The summed E-state index contributed by atoms with van der Waals surface area (Å²) in [5.41, 5.74) is 0.216. The Morgan fingerprint density at radius 2 is 1.92 bits per heavy atom. The largest absolute Gasteiger partial charge is 0.341 e. The summed E-state index contributed by atoms with van der Waals surface area (Å²) >= 11 is 0. The molecule has 7 nitrogen and oxygen atoms in total. The second-order valence-electron chi connectivity index (χ2n) is 7.03. The van der Waals surface area contributed by atoms with Gasteiger partial charge in [-0.15, -0.1) is 0 Å². The molecule has 24 heavy (non-hydrogen) atoms. The van der Waals surface area contributed by atoms with E-state index >= 15 is 0 Å². The Morgan fingerprint density at radius 3 is 2.58 bits per heavy atom. The van der Waals surface area contributed by atoms with Crippen LogP contribution in [0, 0.1) is 5.92 Å². The number of carbonyl (C=O) groups is 1. The summed E-state index contributed by atoms with van der Waals surface area (Å²) in [7, 11) is -3.62. The zero-order chi connectivity index (χ0) is 16.9. The number of carbonyl (C=O) groups excluding carboxylic acids is 1. The van der Waals surface area contributed by atoms with Crippen molar-refractivity contribution in [2.75, 3.05) is 13.1 Å². The molecule has 1 atom stereocenters. The Labute approximate surface area is 141 Å². The summed E-state index contributed by atoms with van der Waals surface area (Å²) < 4.78 is 27.6. The Balaban J connectivity index is 1.58. The van der Waals surface area contributed by atoms with Gasteiger partial charge in [0.15, 0.2) is 0 Å². The predicted molar refractivity (Wildman–Crippen MR) is 91.1 cm³/mol. The molecule has 1 N–H and O–H groups in total. The molecule has 2 aliphatic heterocycles. The molecule has 1 saturated heterocycles. The number of fused-ring (bicyclic) bond motifs is 1. The molecule has 0 bridgehead atoms. The fraction of sp³-hybridized carbons (Fsp3) is 0.562. The van der Waals surface area contributed by atoms with E-state index in [-0.39, 0.29) is 16.4 Å². The summed E-state index contributed by atoms with van der Waals surface area (Å²) in [6, 6.07) is 0. The number of nitrogens with one attached hydrogen (secondary N) is 1. The molecule has 8 heteroatoms. The van der Waals surface area contributed by atoms with Crippen LogP contribution in [0.4, 0.5) is 0 Å². The van der Waals surface area contributed by atoms with E-state index in [0.717, 1.165) is 38.8 Å². The number of amides is 1. The molecule has 0 radical (unpaired) electrons. The van der Waals surface area contributed by atoms with Gasteiger partial charge in [-0.25, -0.2) is 18.1 Å². The third-order valence-corrected chi connectivity index (χ3v) is 6.51. The maximum atomic E-state index is 12.5. The van der Waals surface area contributed by atoms with Gasteiger partial charge in [-0.05, 0) is 50.8 Å². The molecule has 1 amide bonds. The van der Waals surface area contributed by atoms with Gasteiger partial charge in [-0.3, -0.25) is 4.79 Å². The van der Waals surface area contributed by atoms with E-state index < -0.39 is 15.9 Å². The average Bonchev–Trinajstić information content (AvgIpc) is 3.03. The lowest BCUT2D eigenvalue weighted by atomic mass is 9.97. The normalized spacial score (nSPS) is 28.2. The van der Waals surface area contributed by atoms with Crippen molar-refractivity contribution in [3.05, 3.63) is 23.1 Å². The van der Waals surface area contributed by atoms with Crippen LogP contribution in [-0.2, 0) is 14.8 Å². The Morgan fingerprint density at radius 1 is 1.21 bits per heavy atom. The minimum absolute atomic E-state index is 0.118. The van der Waals surface area contributed by atoms with E-state index in [4.69, 9.17) is 0 Å². The van der Waals surface area contributed by atoms with Gasteiger partial charge in [0, 0.05) is 18.6 Å². The van der Waals surface area contributed by atoms with E-state index in [0.29, 0.717) is 11.7 Å². The molecule has 2 aliphatic carbocycles. The van der Waals surface area contributed by atoms with Crippen molar-refractivity contribution >= 4 is 27.6 Å². The number of nitrogens with zero attached hydrogens (tertiary/aromatic N) is 3. The van der Waals surface area contributed by atoms with E-state index in [1.807, 2.05) is 11.8 Å². The number of likely N-dealkylation sites (tertiary alicyclic amines) is 1. The highest BCUT2D eigenvalue weighted by atomic mass is 32.2. The van der Waals surface area contributed by atoms with Gasteiger partial charge < -0.3 is 4.90 Å². The van der Waals surface area contributed by atoms with Crippen molar-refractivity contribution in [1.29, 1.82) is 0 Å². The van der Waals surface area contributed by atoms with Gasteiger partial charge in [0.05, 0.1) is 10.6 Å². The van der Waals surface area contributed by atoms with Crippen LogP contribution in [0.5, 0.6) is 0 Å². The molecule has 0 aromatic carbocycles. The topological polar surface area (TPSA) is 91.2 Å². The van der Waals surface area contributed by atoms with Crippen LogP contribution in [-0.4, -0.2) is 49.5 Å². The van der Waals surface area contributed by atoms with Crippen molar-refractivity contribution in [3.8, 4) is 0 Å². The Hall–Kier alpha value is -1.80. The van der Waals surface area contributed by atoms with Crippen LogP contribution in [0.25, 0.3) is 0 Å². The molecular weight excluding hydrogens is 328 g/mol. The number of allylic oxidation sites excluding steroid dienone is 2. The van der Waals surface area contributed by atoms with Crippen LogP contribution in [0.1, 0.15) is 32.6 Å². The maximum Gasteiger partial charge on any atom is 0.261 e. The standard InChI is InChI=1S/C16H20N4O3S/c1-16(6-7-16)19-24(22,23)11-4-5-13-12(10-11)14(21)18-15(17-13)20-8-2-3-9-20/h4-5,10,12,19H,2-3,6-9H2,1H3. The monoisotopic (exact) mass is 348 g/mol. The van der Waals surface area contributed by atoms with Crippen molar-refractivity contribution in [2.24, 2.45) is 15.9 Å². The molecule has 4 aliphatic rings. The quantitative estimate of drug-likeness (QED) is 0.822. The zero-order valence-corrected chi connectivity index (χ0v) is 14.3. The summed E-state index contributed by atoms with van der Waals surface area (Å²) in [5, 5.41) is 0. The van der Waals surface area contributed by atoms with Crippen LogP contribution in [0.3, 0.4) is 0 Å². The lowest BCUT2D eigenvalue weighted by molar-refractivity contribution is -0.118. The molecule has 2 heterocycles. The van der Waals surface area contributed by atoms with Gasteiger partial charge in [0.2, 0.25) is 16.0 Å². The highest BCUT2D eigenvalue weighted by Gasteiger charge is 2.42. The summed E-state index contributed by atoms with van der Waals surface area (Å²) in [6.45, 7) is 3.59. The number of sulfonamides is 1. The van der Waals surface area contributed by atoms with Crippen molar-refractivity contribution < 1.29 is 13.2 Å². The highest BCUT2D eigenvalue weighted by molar-refractivity contribution is 7.93. The molecule has 1 unspecified atom stereocenters. The van der Waals surface area contributed by atoms with Gasteiger partial charge in [-0.1, -0.05) is 0 Å². The minimum atomic E-state index is -3.62. The number of guanidine groups is 1. The van der Waals surface area contributed by atoms with E-state index in [2.05, 4.69) is 14.7 Å². The second-order valence-corrected chi connectivity index (χ2v) is 8.71. The first-order valence-electron chi connectivity index (χ1n) is 8.26. The molecular formula is C16H20N4O3S. The first-order valence-corrected chi connectivity index (χ1v) is 9.75. The van der Waals surface area contributed by atoms with E-state index in [1.54, 1.807) is 6.08 Å². The van der Waals surface area contributed by atoms with Crippen molar-refractivity contribution in [2.45, 2.75) is 38.1 Å². The lowest BCUT2D eigenvalue weighted by Gasteiger charge is -2.24. The first-order chi connectivity index (χ1) is 11.4. The van der Waals surface area contributed by atoms with E-state index in [1.165, 1.54) is 12.2 Å². The van der Waals surface area contributed by atoms with Crippen molar-refractivity contribution in [1.82, 2.24) is 9.62 Å². The van der Waals surface area contributed by atoms with Crippen LogP contribution in [0.2, 0.25) is 0 Å². The molecule has 2 fully saturated rings. The highest BCUT2D eigenvalue weighted by Crippen LogP contribution is 2.36. The fourth-order valence-corrected chi connectivity index (χ4v) is 4.63. The molecule has 1 saturated carbocycles. The summed E-state index contributed by atoms with van der Waals surface area (Å²) in [4.78, 5) is 23.0. The van der Waals surface area contributed by atoms with Crippen LogP contribution < -0.4 is 4.72 Å². The Kier molecular flexibility index (Phi) is 3.50. The molecule has 0 aromatic rings. The zero-order valence-electron chi connectivity index (χ0n) is 13.5. The fourth-order valence-electron chi connectivity index (χ4n) is 3.10. The number of hydrogen-bond acceptors (Lipinski definition) is 5. The molecule has 0 aromatic heterocycles. The van der Waals surface area contributed by atoms with Gasteiger partial charge >= 0.3 is 0 Å². The smallest absolute Gasteiger partial charge is 0.261 e. The van der Waals surface area contributed by atoms with E-state index in [9.17, 15) is 13.2 Å². The third-order valence-electron chi connectivity index (χ3n) is 4.85. The number of hydrogen-bond donors (Lipinski definition) is 1. The van der Waals surface area contributed by atoms with Crippen LogP contribution in [0.15, 0.2) is 33.1 Å². The predicted octanol–water partition coefficient (Wildman–Crippen LogP) is 0.961. The number of rotatable bonds is 3. The third kappa shape index (κ3) is 2.84. The van der Waals surface area contributed by atoms with Crippen molar-refractivity contribution in [3.63, 3.8) is 0 Å². The number of aliphatic imine (C=N–C) groups is 2. The summed E-state index contributed by atoms with van der Waals surface area (Å²) in [6.07, 6.45) is 8.41. The first kappa shape index (κ1) is 15.7. The molecule has 128 valence electrons. The SMILES string of the molecule is CC1(NS(=O)(=O)C2=CC3C(=O)N=C(N4CCCC4)N=C3C=C2)CC1. The molecule has 4 rings (SSSR count). The van der Waals surface area contributed by atoms with Gasteiger partial charge in [0.25, 0.3) is 5.91 Å². The summed E-state index contributed by atoms with van der Waals surface area (Å²) in [5.74, 6) is -0.603. The second kappa shape index (κ2) is 5.35. The lowest BCUT2D eigenvalue weighted by Crippen LogP contribution is -2.38. The van der Waals surface area contributed by atoms with Crippen LogP contribution >= 0.6 is 0 Å². The van der Waals surface area contributed by atoms with Gasteiger partial charge in [-0.2, -0.15) is 4.99 Å². The van der Waals surface area contributed by atoms with Gasteiger partial charge in [0.1, 0.15) is 5.92 Å². The Bertz CT molecular complexity index is 812. The molecule has 0 spiro atoms.